The highest BCUT2D eigenvalue weighted by atomic mass is 16.4. The van der Waals surface area contributed by atoms with Crippen molar-refractivity contribution in [2.24, 2.45) is 10.8 Å². The Hall–Kier alpha value is -1.32. The maximum absolute atomic E-state index is 11.5. The zero-order valence-corrected chi connectivity index (χ0v) is 11.5. The SMILES string of the molecule is CCC1(CC)CCC(C(=O)O)=C(C(=O)O)C1(C)C. The van der Waals surface area contributed by atoms with Crippen LogP contribution >= 0.6 is 0 Å². The standard InChI is InChI=1S/C14H22O4/c1-5-14(6-2)8-7-9(11(15)16)10(12(17)18)13(14,3)4/h5-8H2,1-4H3,(H,15,16)(H,17,18). The van der Waals surface area contributed by atoms with Gasteiger partial charge in [-0.3, -0.25) is 0 Å². The minimum atomic E-state index is -1.10. The van der Waals surface area contributed by atoms with E-state index in [2.05, 4.69) is 13.8 Å². The van der Waals surface area contributed by atoms with Gasteiger partial charge >= 0.3 is 11.9 Å². The summed E-state index contributed by atoms with van der Waals surface area (Å²) < 4.78 is 0. The van der Waals surface area contributed by atoms with Crippen molar-refractivity contribution in [2.45, 2.75) is 53.4 Å². The van der Waals surface area contributed by atoms with E-state index in [-0.39, 0.29) is 16.6 Å². The van der Waals surface area contributed by atoms with Crippen LogP contribution in [-0.2, 0) is 9.59 Å². The van der Waals surface area contributed by atoms with Gasteiger partial charge in [0.05, 0.1) is 5.57 Å². The summed E-state index contributed by atoms with van der Waals surface area (Å²) in [5, 5.41) is 18.6. The molecular formula is C14H22O4. The highest BCUT2D eigenvalue weighted by Gasteiger charge is 2.51. The quantitative estimate of drug-likeness (QED) is 0.808. The first-order valence-electron chi connectivity index (χ1n) is 6.43. The van der Waals surface area contributed by atoms with Crippen molar-refractivity contribution in [3.05, 3.63) is 11.1 Å². The molecular weight excluding hydrogens is 232 g/mol. The Labute approximate surface area is 108 Å². The number of carbonyl (C=O) groups is 2. The van der Waals surface area contributed by atoms with Gasteiger partial charge in [-0.05, 0) is 31.1 Å². The molecule has 1 rings (SSSR count). The van der Waals surface area contributed by atoms with Crippen LogP contribution in [0.3, 0.4) is 0 Å². The molecule has 0 aromatic heterocycles. The first-order valence-corrected chi connectivity index (χ1v) is 6.43. The van der Waals surface area contributed by atoms with Gasteiger partial charge in [0, 0.05) is 11.0 Å². The predicted molar refractivity (Wildman–Crippen MR) is 68.3 cm³/mol. The third-order valence-corrected chi connectivity index (χ3v) is 4.93. The van der Waals surface area contributed by atoms with Gasteiger partial charge in [0.2, 0.25) is 0 Å². The Kier molecular flexibility index (Phi) is 3.89. The van der Waals surface area contributed by atoms with Crippen molar-refractivity contribution in [1.29, 1.82) is 0 Å². The van der Waals surface area contributed by atoms with Gasteiger partial charge in [0.25, 0.3) is 0 Å². The van der Waals surface area contributed by atoms with Crippen LogP contribution in [0.25, 0.3) is 0 Å². The van der Waals surface area contributed by atoms with Crippen molar-refractivity contribution in [3.63, 3.8) is 0 Å². The van der Waals surface area contributed by atoms with E-state index < -0.39 is 17.4 Å². The Morgan fingerprint density at radius 3 is 1.94 bits per heavy atom. The van der Waals surface area contributed by atoms with Gasteiger partial charge in [-0.25, -0.2) is 9.59 Å². The summed E-state index contributed by atoms with van der Waals surface area (Å²) in [6, 6.07) is 0. The maximum Gasteiger partial charge on any atom is 0.332 e. The lowest BCUT2D eigenvalue weighted by Crippen LogP contribution is -2.44. The second-order valence-electron chi connectivity index (χ2n) is 5.58. The molecule has 0 saturated carbocycles. The van der Waals surface area contributed by atoms with Gasteiger partial charge in [-0.2, -0.15) is 0 Å². The fourth-order valence-electron chi connectivity index (χ4n) is 3.54. The van der Waals surface area contributed by atoms with Crippen molar-refractivity contribution in [1.82, 2.24) is 0 Å². The summed E-state index contributed by atoms with van der Waals surface area (Å²) >= 11 is 0. The lowest BCUT2D eigenvalue weighted by molar-refractivity contribution is -0.139. The van der Waals surface area contributed by atoms with E-state index in [4.69, 9.17) is 0 Å². The fourth-order valence-corrected chi connectivity index (χ4v) is 3.54. The number of aliphatic carboxylic acids is 2. The monoisotopic (exact) mass is 254 g/mol. The maximum atomic E-state index is 11.5. The second-order valence-corrected chi connectivity index (χ2v) is 5.58. The zero-order valence-electron chi connectivity index (χ0n) is 11.5. The van der Waals surface area contributed by atoms with Crippen LogP contribution in [0.1, 0.15) is 53.4 Å². The topological polar surface area (TPSA) is 74.6 Å². The van der Waals surface area contributed by atoms with Crippen LogP contribution in [0.2, 0.25) is 0 Å². The summed E-state index contributed by atoms with van der Waals surface area (Å²) in [7, 11) is 0. The number of hydrogen-bond donors (Lipinski definition) is 2. The molecule has 1 aliphatic carbocycles. The Balaban J connectivity index is 3.49. The smallest absolute Gasteiger partial charge is 0.332 e. The molecule has 0 unspecified atom stereocenters. The number of carboxylic acids is 2. The molecule has 18 heavy (non-hydrogen) atoms. The molecule has 0 atom stereocenters. The number of hydrogen-bond acceptors (Lipinski definition) is 2. The van der Waals surface area contributed by atoms with Gasteiger partial charge in [0.15, 0.2) is 0 Å². The summed E-state index contributed by atoms with van der Waals surface area (Å²) in [5.41, 5.74) is -0.580. The Bertz CT molecular complexity index is 400. The third kappa shape index (κ3) is 1.93. The summed E-state index contributed by atoms with van der Waals surface area (Å²) in [4.78, 5) is 22.7. The lowest BCUT2D eigenvalue weighted by Gasteiger charge is -2.50. The molecule has 4 nitrogen and oxygen atoms in total. The second kappa shape index (κ2) is 4.75. The predicted octanol–water partition coefficient (Wildman–Crippen LogP) is 3.08. The normalized spacial score (nSPS) is 21.8. The fraction of sp³-hybridized carbons (Fsp3) is 0.714. The molecule has 0 aromatic carbocycles. The molecule has 0 saturated heterocycles. The summed E-state index contributed by atoms with van der Waals surface area (Å²) in [6.45, 7) is 7.84. The molecule has 4 heteroatoms. The van der Waals surface area contributed by atoms with Crippen LogP contribution in [0.5, 0.6) is 0 Å². The van der Waals surface area contributed by atoms with Crippen LogP contribution < -0.4 is 0 Å². The van der Waals surface area contributed by atoms with Crippen LogP contribution in [0.15, 0.2) is 11.1 Å². The zero-order chi connectivity index (χ0) is 14.1. The lowest BCUT2D eigenvalue weighted by atomic mass is 9.53. The Morgan fingerprint density at radius 1 is 1.11 bits per heavy atom. The molecule has 1 aliphatic rings. The average molecular weight is 254 g/mol. The largest absolute Gasteiger partial charge is 0.478 e. The van der Waals surface area contributed by atoms with Gasteiger partial charge in [-0.15, -0.1) is 0 Å². The molecule has 0 amide bonds. The van der Waals surface area contributed by atoms with E-state index >= 15 is 0 Å². The van der Waals surface area contributed by atoms with Crippen molar-refractivity contribution >= 4 is 11.9 Å². The van der Waals surface area contributed by atoms with E-state index in [1.54, 1.807) is 0 Å². The van der Waals surface area contributed by atoms with Gasteiger partial charge in [0.1, 0.15) is 0 Å². The Morgan fingerprint density at radius 2 is 1.61 bits per heavy atom. The number of carboxylic acid groups (broad SMARTS) is 2. The highest BCUT2D eigenvalue weighted by molar-refractivity contribution is 6.00. The molecule has 0 heterocycles. The molecule has 2 N–H and O–H groups in total. The van der Waals surface area contributed by atoms with E-state index in [0.717, 1.165) is 19.3 Å². The number of rotatable bonds is 4. The molecule has 0 fully saturated rings. The first-order chi connectivity index (χ1) is 8.23. The molecule has 0 bridgehead atoms. The third-order valence-electron chi connectivity index (χ3n) is 4.93. The first kappa shape index (κ1) is 14.7. The van der Waals surface area contributed by atoms with Crippen molar-refractivity contribution < 1.29 is 19.8 Å². The molecule has 0 spiro atoms. The molecule has 0 aliphatic heterocycles. The van der Waals surface area contributed by atoms with Gasteiger partial charge < -0.3 is 10.2 Å². The average Bonchev–Trinajstić information content (AvgIpc) is 2.27. The van der Waals surface area contributed by atoms with Crippen molar-refractivity contribution in [2.75, 3.05) is 0 Å². The summed E-state index contributed by atoms with van der Waals surface area (Å²) in [6.07, 6.45) is 2.81. The van der Waals surface area contributed by atoms with Crippen molar-refractivity contribution in [3.8, 4) is 0 Å². The molecule has 102 valence electrons. The minimum absolute atomic E-state index is 0.0741. The van der Waals surface area contributed by atoms with Crippen LogP contribution in [0.4, 0.5) is 0 Å². The molecule has 0 radical (unpaired) electrons. The summed E-state index contributed by atoms with van der Waals surface area (Å²) in [5.74, 6) is -2.19. The minimum Gasteiger partial charge on any atom is -0.478 e. The van der Waals surface area contributed by atoms with Crippen LogP contribution in [-0.4, -0.2) is 22.2 Å². The van der Waals surface area contributed by atoms with E-state index in [1.807, 2.05) is 13.8 Å². The van der Waals surface area contributed by atoms with Gasteiger partial charge in [-0.1, -0.05) is 27.7 Å². The van der Waals surface area contributed by atoms with E-state index in [1.165, 1.54) is 0 Å². The van der Waals surface area contributed by atoms with E-state index in [0.29, 0.717) is 6.42 Å². The van der Waals surface area contributed by atoms with Crippen LogP contribution in [0, 0.1) is 10.8 Å². The highest BCUT2D eigenvalue weighted by Crippen LogP contribution is 2.56. The molecule has 0 aromatic rings. The van der Waals surface area contributed by atoms with E-state index in [9.17, 15) is 19.8 Å².